The summed E-state index contributed by atoms with van der Waals surface area (Å²) >= 11 is 0. The van der Waals surface area contributed by atoms with Crippen LogP contribution >= 0.6 is 0 Å². The summed E-state index contributed by atoms with van der Waals surface area (Å²) in [5.41, 5.74) is 1.96. The Balaban J connectivity index is 1.11. The first-order valence-corrected chi connectivity index (χ1v) is 16.6. The molecule has 1 unspecified atom stereocenters. The van der Waals surface area contributed by atoms with Crippen LogP contribution in [0.25, 0.3) is 10.8 Å². The third-order valence-corrected chi connectivity index (χ3v) is 8.57. The molecule has 4 aromatic carbocycles. The predicted molar refractivity (Wildman–Crippen MR) is 186 cm³/mol. The van der Waals surface area contributed by atoms with Crippen LogP contribution in [-0.2, 0) is 22.6 Å². The van der Waals surface area contributed by atoms with Crippen LogP contribution in [0, 0.1) is 10.1 Å². The van der Waals surface area contributed by atoms with Crippen LogP contribution in [-0.4, -0.2) is 83.1 Å². The maximum atomic E-state index is 11.2. The van der Waals surface area contributed by atoms with Crippen molar-refractivity contribution in [2.45, 2.75) is 43.8 Å². The molecule has 13 heteroatoms. The van der Waals surface area contributed by atoms with Gasteiger partial charge in [-0.3, -0.25) is 14.8 Å². The lowest BCUT2D eigenvalue weighted by molar-refractivity contribution is -0.385. The summed E-state index contributed by atoms with van der Waals surface area (Å²) in [5, 5.41) is 31.6. The van der Waals surface area contributed by atoms with E-state index in [-0.39, 0.29) is 49.3 Å². The maximum Gasteiger partial charge on any atom is 0.310 e. The standard InChI is InChI=1S/C37H41N5O8/c1-46-34-18-26(17-28-7-2-3-8-31(28)34)22-49-35-19-38-20-36(50-23-29(43)21-41-25-39-24-40-41)37(35)27-11-13-30(14-12-27)47-15-6-16-48-33-10-5-4-9-32(33)42(44)45/h2-5,7-14,17-18,24-25,29,35-38,43H,6,15-16,19-23H2,1H3/t29-,35?,36-,37-/m1/s1. The second kappa shape index (κ2) is 17.0. The molecule has 1 aromatic heterocycles. The summed E-state index contributed by atoms with van der Waals surface area (Å²) in [6, 6.07) is 26.4. The number of aromatic nitrogens is 3. The van der Waals surface area contributed by atoms with E-state index in [9.17, 15) is 15.2 Å². The summed E-state index contributed by atoms with van der Waals surface area (Å²) in [6.07, 6.45) is 2.26. The first kappa shape index (κ1) is 34.8. The first-order valence-electron chi connectivity index (χ1n) is 16.6. The number of nitrogens with zero attached hydrogens (tertiary/aromatic N) is 4. The third kappa shape index (κ3) is 8.93. The molecule has 0 bridgehead atoms. The predicted octanol–water partition coefficient (Wildman–Crippen LogP) is 4.91. The Morgan fingerprint density at radius 2 is 1.72 bits per heavy atom. The van der Waals surface area contributed by atoms with Crippen molar-refractivity contribution in [3.8, 4) is 17.2 Å². The lowest BCUT2D eigenvalue weighted by Crippen LogP contribution is -2.51. The lowest BCUT2D eigenvalue weighted by atomic mass is 9.85. The largest absolute Gasteiger partial charge is 0.496 e. The van der Waals surface area contributed by atoms with Gasteiger partial charge in [-0.2, -0.15) is 5.10 Å². The van der Waals surface area contributed by atoms with Crippen molar-refractivity contribution in [1.29, 1.82) is 0 Å². The molecule has 5 aromatic rings. The molecule has 6 rings (SSSR count). The Kier molecular flexibility index (Phi) is 11.8. The highest BCUT2D eigenvalue weighted by Gasteiger charge is 2.36. The van der Waals surface area contributed by atoms with Crippen molar-refractivity contribution >= 4 is 16.5 Å². The van der Waals surface area contributed by atoms with Crippen LogP contribution in [0.5, 0.6) is 17.2 Å². The number of nitro benzene ring substituents is 1. The van der Waals surface area contributed by atoms with Crippen molar-refractivity contribution in [1.82, 2.24) is 20.1 Å². The van der Waals surface area contributed by atoms with Crippen LogP contribution in [0.2, 0.25) is 0 Å². The van der Waals surface area contributed by atoms with E-state index in [0.717, 1.165) is 27.6 Å². The van der Waals surface area contributed by atoms with Gasteiger partial charge in [0.05, 0.1) is 63.3 Å². The molecule has 13 nitrogen and oxygen atoms in total. The van der Waals surface area contributed by atoms with Crippen LogP contribution in [0.15, 0.2) is 97.6 Å². The van der Waals surface area contributed by atoms with Crippen molar-refractivity contribution in [2.75, 3.05) is 40.0 Å². The molecule has 0 saturated carbocycles. The highest BCUT2D eigenvalue weighted by molar-refractivity contribution is 5.89. The fourth-order valence-corrected chi connectivity index (χ4v) is 6.18. The van der Waals surface area contributed by atoms with Gasteiger partial charge in [-0.25, -0.2) is 4.98 Å². The van der Waals surface area contributed by atoms with Crippen LogP contribution < -0.4 is 19.5 Å². The van der Waals surface area contributed by atoms with Gasteiger partial charge in [0.1, 0.15) is 24.2 Å². The molecule has 1 fully saturated rings. The van der Waals surface area contributed by atoms with E-state index in [1.54, 1.807) is 36.3 Å². The van der Waals surface area contributed by atoms with E-state index >= 15 is 0 Å². The van der Waals surface area contributed by atoms with Gasteiger partial charge in [0.25, 0.3) is 0 Å². The Morgan fingerprint density at radius 3 is 2.50 bits per heavy atom. The van der Waals surface area contributed by atoms with Gasteiger partial charge in [-0.1, -0.05) is 48.5 Å². The summed E-state index contributed by atoms with van der Waals surface area (Å²) in [4.78, 5) is 14.7. The normalized spacial score (nSPS) is 18.1. The molecule has 1 aliphatic rings. The summed E-state index contributed by atoms with van der Waals surface area (Å²) in [7, 11) is 1.67. The second-order valence-electron chi connectivity index (χ2n) is 12.0. The van der Waals surface area contributed by atoms with E-state index < -0.39 is 11.0 Å². The van der Waals surface area contributed by atoms with Gasteiger partial charge in [0.2, 0.25) is 0 Å². The van der Waals surface area contributed by atoms with E-state index in [2.05, 4.69) is 27.5 Å². The number of ether oxygens (including phenoxy) is 5. The van der Waals surface area contributed by atoms with Gasteiger partial charge in [-0.15, -0.1) is 0 Å². The number of benzene rings is 4. The highest BCUT2D eigenvalue weighted by atomic mass is 16.6. The maximum absolute atomic E-state index is 11.2. The molecule has 1 saturated heterocycles. The molecule has 0 amide bonds. The minimum atomic E-state index is -0.767. The van der Waals surface area contributed by atoms with E-state index in [0.29, 0.717) is 38.5 Å². The second-order valence-corrected chi connectivity index (χ2v) is 12.0. The highest BCUT2D eigenvalue weighted by Crippen LogP contribution is 2.33. The molecule has 1 aliphatic heterocycles. The van der Waals surface area contributed by atoms with Crippen molar-refractivity contribution < 1.29 is 33.7 Å². The van der Waals surface area contributed by atoms with Gasteiger partial charge in [0.15, 0.2) is 5.75 Å². The SMILES string of the molecule is COc1cc(COC2CNC[C@@H](OC[C@H](O)Cn3cncn3)[C@@H]2c2ccc(OCCCOc3ccccc3[N+](=O)[O-])cc2)cc2ccccc12. The quantitative estimate of drug-likeness (QED) is 0.0781. The number of nitrogens with one attached hydrogen (secondary N) is 1. The summed E-state index contributed by atoms with van der Waals surface area (Å²) in [5.74, 6) is 1.59. The zero-order valence-corrected chi connectivity index (χ0v) is 27.8. The number of aliphatic hydroxyl groups excluding tert-OH is 1. The molecule has 0 aliphatic carbocycles. The zero-order chi connectivity index (χ0) is 34.7. The van der Waals surface area contributed by atoms with Crippen LogP contribution in [0.3, 0.4) is 0 Å². The average Bonchev–Trinajstić information content (AvgIpc) is 3.66. The fourth-order valence-electron chi connectivity index (χ4n) is 6.18. The Morgan fingerprint density at radius 1 is 0.960 bits per heavy atom. The van der Waals surface area contributed by atoms with E-state index in [1.807, 2.05) is 48.5 Å². The number of methoxy groups -OCH3 is 1. The van der Waals surface area contributed by atoms with Crippen LogP contribution in [0.1, 0.15) is 23.5 Å². The van der Waals surface area contributed by atoms with E-state index in [4.69, 9.17) is 23.7 Å². The molecule has 2 N–H and O–H groups in total. The van der Waals surface area contributed by atoms with Gasteiger partial charge in [-0.05, 0) is 46.8 Å². The number of para-hydroxylation sites is 2. The summed E-state index contributed by atoms with van der Waals surface area (Å²) < 4.78 is 31.8. The van der Waals surface area contributed by atoms with E-state index in [1.165, 1.54) is 12.4 Å². The number of piperidine rings is 1. The average molecular weight is 684 g/mol. The smallest absolute Gasteiger partial charge is 0.310 e. The lowest BCUT2D eigenvalue weighted by Gasteiger charge is -2.39. The minimum Gasteiger partial charge on any atom is -0.496 e. The molecule has 4 atom stereocenters. The van der Waals surface area contributed by atoms with Crippen LogP contribution in [0.4, 0.5) is 5.69 Å². The zero-order valence-electron chi connectivity index (χ0n) is 27.8. The number of aliphatic hydroxyl groups is 1. The first-order chi connectivity index (χ1) is 24.5. The van der Waals surface area contributed by atoms with Crippen molar-refractivity contribution in [3.05, 3.63) is 119 Å². The number of rotatable bonds is 17. The number of hydrogen-bond donors (Lipinski definition) is 2. The number of nitro groups is 1. The van der Waals surface area contributed by atoms with Gasteiger partial charge >= 0.3 is 5.69 Å². The Hall–Kier alpha value is -5.08. The minimum absolute atomic E-state index is 0.0619. The van der Waals surface area contributed by atoms with Gasteiger partial charge < -0.3 is 34.1 Å². The Labute approximate surface area is 289 Å². The van der Waals surface area contributed by atoms with Crippen molar-refractivity contribution in [3.63, 3.8) is 0 Å². The molecular weight excluding hydrogens is 642 g/mol. The van der Waals surface area contributed by atoms with Crippen molar-refractivity contribution in [2.24, 2.45) is 0 Å². The summed E-state index contributed by atoms with van der Waals surface area (Å²) in [6.45, 7) is 2.63. The third-order valence-electron chi connectivity index (χ3n) is 8.57. The number of hydrogen-bond acceptors (Lipinski definition) is 11. The molecule has 50 heavy (non-hydrogen) atoms. The molecular formula is C37H41N5O8. The molecule has 0 spiro atoms. The molecule has 262 valence electrons. The molecule has 2 heterocycles. The monoisotopic (exact) mass is 683 g/mol. The fraction of sp³-hybridized carbons (Fsp3) is 0.351. The topological polar surface area (TPSA) is 152 Å². The van der Waals surface area contributed by atoms with Gasteiger partial charge in [0, 0.05) is 36.9 Å². The Bertz CT molecular complexity index is 1820. The number of fused-ring (bicyclic) bond motifs is 1. The molecule has 0 radical (unpaired) electrons.